The zero-order valence-corrected chi connectivity index (χ0v) is 10.8. The molecule has 2 rings (SSSR count). The average molecular weight is 235 g/mol. The quantitative estimate of drug-likeness (QED) is 0.820. The first-order valence-corrected chi connectivity index (χ1v) is 6.66. The second-order valence-electron chi connectivity index (χ2n) is 5.43. The van der Waals surface area contributed by atoms with Gasteiger partial charge in [-0.15, -0.1) is 0 Å². The third kappa shape index (κ3) is 3.21. The number of nitrogens with one attached hydrogen (secondary N) is 1. The third-order valence-electron chi connectivity index (χ3n) is 3.89. The molecule has 0 heterocycles. The van der Waals surface area contributed by atoms with E-state index in [-0.39, 0.29) is 5.82 Å². The zero-order chi connectivity index (χ0) is 12.3. The topological polar surface area (TPSA) is 12.0 Å². The van der Waals surface area contributed by atoms with Gasteiger partial charge in [-0.05, 0) is 43.7 Å². The Balaban J connectivity index is 1.91. The Morgan fingerprint density at radius 2 is 2.18 bits per heavy atom. The SMILES string of the molecule is Cc1c(F)cccc1NCC1CCCC(C)C1. The van der Waals surface area contributed by atoms with E-state index >= 15 is 0 Å². The lowest BCUT2D eigenvalue weighted by Gasteiger charge is -2.27. The number of hydrogen-bond acceptors (Lipinski definition) is 1. The Labute approximate surface area is 103 Å². The van der Waals surface area contributed by atoms with Crippen LogP contribution >= 0.6 is 0 Å². The minimum absolute atomic E-state index is 0.119. The van der Waals surface area contributed by atoms with E-state index in [2.05, 4.69) is 12.2 Å². The van der Waals surface area contributed by atoms with Gasteiger partial charge in [0.1, 0.15) is 5.82 Å². The van der Waals surface area contributed by atoms with Gasteiger partial charge in [0.2, 0.25) is 0 Å². The molecule has 0 spiro atoms. The molecule has 0 radical (unpaired) electrons. The van der Waals surface area contributed by atoms with Crippen molar-refractivity contribution in [3.63, 3.8) is 0 Å². The van der Waals surface area contributed by atoms with Crippen molar-refractivity contribution in [2.45, 2.75) is 39.5 Å². The molecule has 0 aromatic heterocycles. The van der Waals surface area contributed by atoms with Gasteiger partial charge in [-0.25, -0.2) is 4.39 Å². The highest BCUT2D eigenvalue weighted by atomic mass is 19.1. The van der Waals surface area contributed by atoms with E-state index in [9.17, 15) is 4.39 Å². The lowest BCUT2D eigenvalue weighted by Crippen LogP contribution is -2.21. The van der Waals surface area contributed by atoms with E-state index < -0.39 is 0 Å². The Bertz CT molecular complexity index is 375. The molecule has 0 saturated heterocycles. The standard InChI is InChI=1S/C15H22FN/c1-11-5-3-6-13(9-11)10-17-15-8-4-7-14(16)12(15)2/h4,7-8,11,13,17H,3,5-6,9-10H2,1-2H3. The smallest absolute Gasteiger partial charge is 0.128 e. The zero-order valence-electron chi connectivity index (χ0n) is 10.8. The van der Waals surface area contributed by atoms with Crippen LogP contribution < -0.4 is 5.32 Å². The van der Waals surface area contributed by atoms with Crippen molar-refractivity contribution in [2.75, 3.05) is 11.9 Å². The Morgan fingerprint density at radius 3 is 2.94 bits per heavy atom. The minimum Gasteiger partial charge on any atom is -0.384 e. The van der Waals surface area contributed by atoms with Crippen molar-refractivity contribution in [3.05, 3.63) is 29.6 Å². The van der Waals surface area contributed by atoms with E-state index in [1.807, 2.05) is 13.0 Å². The first-order chi connectivity index (χ1) is 8.16. The molecule has 1 saturated carbocycles. The van der Waals surface area contributed by atoms with Crippen LogP contribution in [-0.2, 0) is 0 Å². The minimum atomic E-state index is -0.119. The molecular formula is C15H22FN. The van der Waals surface area contributed by atoms with E-state index in [0.717, 1.165) is 29.6 Å². The molecule has 1 nitrogen and oxygen atoms in total. The van der Waals surface area contributed by atoms with Crippen LogP contribution in [-0.4, -0.2) is 6.54 Å². The van der Waals surface area contributed by atoms with Gasteiger partial charge in [-0.1, -0.05) is 25.8 Å². The number of benzene rings is 1. The van der Waals surface area contributed by atoms with Crippen LogP contribution in [0.5, 0.6) is 0 Å². The van der Waals surface area contributed by atoms with E-state index in [0.29, 0.717) is 0 Å². The molecule has 17 heavy (non-hydrogen) atoms. The maximum absolute atomic E-state index is 13.4. The second kappa shape index (κ2) is 5.52. The molecule has 0 amide bonds. The summed E-state index contributed by atoms with van der Waals surface area (Å²) < 4.78 is 13.4. The number of anilines is 1. The predicted molar refractivity (Wildman–Crippen MR) is 70.7 cm³/mol. The monoisotopic (exact) mass is 235 g/mol. The van der Waals surface area contributed by atoms with Crippen molar-refractivity contribution in [1.82, 2.24) is 0 Å². The van der Waals surface area contributed by atoms with Gasteiger partial charge in [0.05, 0.1) is 0 Å². The maximum Gasteiger partial charge on any atom is 0.128 e. The van der Waals surface area contributed by atoms with Gasteiger partial charge < -0.3 is 5.32 Å². The first kappa shape index (κ1) is 12.4. The summed E-state index contributed by atoms with van der Waals surface area (Å²) in [6.45, 7) is 5.15. The average Bonchev–Trinajstić information content (AvgIpc) is 2.31. The molecule has 1 fully saturated rings. The summed E-state index contributed by atoms with van der Waals surface area (Å²) in [7, 11) is 0. The fraction of sp³-hybridized carbons (Fsp3) is 0.600. The van der Waals surface area contributed by atoms with Crippen molar-refractivity contribution in [2.24, 2.45) is 11.8 Å². The predicted octanol–water partition coefficient (Wildman–Crippen LogP) is 4.37. The van der Waals surface area contributed by atoms with Crippen molar-refractivity contribution in [3.8, 4) is 0 Å². The van der Waals surface area contributed by atoms with Gasteiger partial charge >= 0.3 is 0 Å². The molecule has 1 aromatic carbocycles. The van der Waals surface area contributed by atoms with E-state index in [1.54, 1.807) is 6.07 Å². The van der Waals surface area contributed by atoms with Crippen LogP contribution in [0.15, 0.2) is 18.2 Å². The Morgan fingerprint density at radius 1 is 1.35 bits per heavy atom. The molecule has 1 aliphatic rings. The summed E-state index contributed by atoms with van der Waals surface area (Å²) in [6, 6.07) is 5.25. The fourth-order valence-corrected chi connectivity index (χ4v) is 2.80. The Kier molecular flexibility index (Phi) is 4.03. The summed E-state index contributed by atoms with van der Waals surface area (Å²) in [4.78, 5) is 0. The lowest BCUT2D eigenvalue weighted by atomic mass is 9.82. The van der Waals surface area contributed by atoms with Crippen molar-refractivity contribution in [1.29, 1.82) is 0 Å². The Hall–Kier alpha value is -1.05. The van der Waals surface area contributed by atoms with Crippen molar-refractivity contribution < 1.29 is 4.39 Å². The van der Waals surface area contributed by atoms with Crippen molar-refractivity contribution >= 4 is 5.69 Å². The van der Waals surface area contributed by atoms with Gasteiger partial charge in [0.15, 0.2) is 0 Å². The summed E-state index contributed by atoms with van der Waals surface area (Å²) in [6.07, 6.45) is 5.33. The molecule has 2 unspecified atom stereocenters. The summed E-state index contributed by atoms with van der Waals surface area (Å²) in [5.74, 6) is 1.48. The molecule has 1 N–H and O–H groups in total. The third-order valence-corrected chi connectivity index (χ3v) is 3.89. The molecule has 1 aliphatic carbocycles. The van der Waals surface area contributed by atoms with Crippen LogP contribution in [0.2, 0.25) is 0 Å². The largest absolute Gasteiger partial charge is 0.384 e. The number of halogens is 1. The van der Waals surface area contributed by atoms with Gasteiger partial charge in [-0.2, -0.15) is 0 Å². The first-order valence-electron chi connectivity index (χ1n) is 6.66. The normalized spacial score (nSPS) is 24.6. The van der Waals surface area contributed by atoms with E-state index in [4.69, 9.17) is 0 Å². The summed E-state index contributed by atoms with van der Waals surface area (Å²) >= 11 is 0. The maximum atomic E-state index is 13.4. The summed E-state index contributed by atoms with van der Waals surface area (Å²) in [5, 5.41) is 3.40. The molecule has 2 atom stereocenters. The van der Waals surface area contributed by atoms with Crippen LogP contribution in [0.25, 0.3) is 0 Å². The number of hydrogen-bond donors (Lipinski definition) is 1. The molecule has 2 heteroatoms. The number of rotatable bonds is 3. The molecule has 0 bridgehead atoms. The fourth-order valence-electron chi connectivity index (χ4n) is 2.80. The van der Waals surface area contributed by atoms with Crippen LogP contribution in [0.4, 0.5) is 10.1 Å². The van der Waals surface area contributed by atoms with Crippen LogP contribution in [0.3, 0.4) is 0 Å². The highest BCUT2D eigenvalue weighted by Gasteiger charge is 2.18. The van der Waals surface area contributed by atoms with E-state index in [1.165, 1.54) is 31.7 Å². The van der Waals surface area contributed by atoms with Gasteiger partial charge in [-0.3, -0.25) is 0 Å². The van der Waals surface area contributed by atoms with Crippen LogP contribution in [0, 0.1) is 24.6 Å². The molecule has 0 aliphatic heterocycles. The highest BCUT2D eigenvalue weighted by Crippen LogP contribution is 2.29. The lowest BCUT2D eigenvalue weighted by molar-refractivity contribution is 0.293. The van der Waals surface area contributed by atoms with Gasteiger partial charge in [0, 0.05) is 17.8 Å². The van der Waals surface area contributed by atoms with Gasteiger partial charge in [0.25, 0.3) is 0 Å². The van der Waals surface area contributed by atoms with Crippen LogP contribution in [0.1, 0.15) is 38.2 Å². The molecular weight excluding hydrogens is 213 g/mol. The molecule has 94 valence electrons. The summed E-state index contributed by atoms with van der Waals surface area (Å²) in [5.41, 5.74) is 1.68. The molecule has 1 aromatic rings. The second-order valence-corrected chi connectivity index (χ2v) is 5.43. The highest BCUT2D eigenvalue weighted by molar-refractivity contribution is 5.50.